The average Bonchev–Trinajstić information content (AvgIpc) is 3.87. The van der Waals surface area contributed by atoms with E-state index in [-0.39, 0.29) is 41.7 Å². The minimum Gasteiger partial charge on any atom is -0.489 e. The first-order chi connectivity index (χ1) is 28.1. The highest BCUT2D eigenvalue weighted by Crippen LogP contribution is 2.59. The zero-order valence-corrected chi connectivity index (χ0v) is 34.6. The number of carbonyl (C=O) groups excluding carboxylic acids is 5. The van der Waals surface area contributed by atoms with Crippen molar-refractivity contribution in [3.05, 3.63) is 87.4 Å². The Kier molecular flexibility index (Phi) is 9.51. The van der Waals surface area contributed by atoms with Crippen molar-refractivity contribution in [3.63, 3.8) is 0 Å². The Morgan fingerprint density at radius 3 is 2.19 bits per heavy atom. The number of carbonyl (C=O) groups is 5. The number of nitriles is 1. The molecule has 4 fully saturated rings. The summed E-state index contributed by atoms with van der Waals surface area (Å²) in [5, 5.41) is 11.9. The van der Waals surface area contributed by atoms with Gasteiger partial charge in [0.15, 0.2) is 0 Å². The Bertz CT molecular complexity index is 2330. The van der Waals surface area contributed by atoms with Gasteiger partial charge in [-0.05, 0) is 72.9 Å². The van der Waals surface area contributed by atoms with E-state index in [1.165, 1.54) is 0 Å². The fraction of sp³-hybridized carbons (Fsp3) is 0.467. The van der Waals surface area contributed by atoms with E-state index < -0.39 is 29.7 Å². The van der Waals surface area contributed by atoms with Crippen molar-refractivity contribution >= 4 is 52.5 Å². The molecule has 0 aromatic heterocycles. The highest BCUT2D eigenvalue weighted by Gasteiger charge is 2.67. The third kappa shape index (κ3) is 6.52. The molecule has 0 bridgehead atoms. The van der Waals surface area contributed by atoms with E-state index >= 15 is 0 Å². The number of rotatable bonds is 8. The zero-order valence-electron chi connectivity index (χ0n) is 33.8. The predicted molar refractivity (Wildman–Crippen MR) is 220 cm³/mol. The number of benzene rings is 3. The van der Waals surface area contributed by atoms with Gasteiger partial charge in [0.1, 0.15) is 24.0 Å². The van der Waals surface area contributed by atoms with Gasteiger partial charge in [0.05, 0.1) is 21.7 Å². The molecule has 13 nitrogen and oxygen atoms in total. The summed E-state index contributed by atoms with van der Waals surface area (Å²) >= 11 is 6.31. The molecular weight excluding hydrogens is 770 g/mol. The van der Waals surface area contributed by atoms with Crippen molar-refractivity contribution < 1.29 is 28.7 Å². The Morgan fingerprint density at radius 2 is 1.49 bits per heavy atom. The fourth-order valence-electron chi connectivity index (χ4n) is 11.2. The van der Waals surface area contributed by atoms with E-state index in [9.17, 15) is 29.2 Å². The molecule has 0 radical (unpaired) electrons. The van der Waals surface area contributed by atoms with Crippen LogP contribution in [0.4, 0.5) is 11.4 Å². The number of anilines is 2. The maximum Gasteiger partial charge on any atom is 0.262 e. The van der Waals surface area contributed by atoms with Gasteiger partial charge in [0.25, 0.3) is 17.7 Å². The summed E-state index contributed by atoms with van der Waals surface area (Å²) in [7, 11) is 0. The van der Waals surface area contributed by atoms with Crippen LogP contribution in [0.5, 0.6) is 5.75 Å². The summed E-state index contributed by atoms with van der Waals surface area (Å²) in [6.45, 7) is 15.5. The number of nitrogens with one attached hydrogen (secondary N) is 1. The number of hydrogen-bond acceptors (Lipinski definition) is 10. The van der Waals surface area contributed by atoms with Crippen LogP contribution in [0, 0.1) is 28.1 Å². The molecule has 1 N–H and O–H groups in total. The van der Waals surface area contributed by atoms with E-state index in [1.807, 2.05) is 17.0 Å². The molecule has 1 saturated carbocycles. The van der Waals surface area contributed by atoms with Gasteiger partial charge in [0, 0.05) is 98.7 Å². The van der Waals surface area contributed by atoms with Gasteiger partial charge in [-0.3, -0.25) is 39.1 Å². The highest BCUT2D eigenvalue weighted by molar-refractivity contribution is 6.31. The lowest BCUT2D eigenvalue weighted by atomic mass is 9.49. The number of ether oxygens (including phenoxy) is 1. The van der Waals surface area contributed by atoms with E-state index in [4.69, 9.17) is 16.3 Å². The third-order valence-corrected chi connectivity index (χ3v) is 13.9. The number of hydrogen-bond donors (Lipinski definition) is 1. The third-order valence-electron chi connectivity index (χ3n) is 13.6. The van der Waals surface area contributed by atoms with E-state index in [1.54, 1.807) is 30.3 Å². The molecule has 14 heteroatoms. The number of fused-ring (bicyclic) bond motifs is 2. The summed E-state index contributed by atoms with van der Waals surface area (Å²) in [5.41, 5.74) is 4.18. The van der Waals surface area contributed by atoms with Crippen LogP contribution >= 0.6 is 11.6 Å². The number of amides is 5. The van der Waals surface area contributed by atoms with Crippen molar-refractivity contribution in [1.82, 2.24) is 20.0 Å². The highest BCUT2D eigenvalue weighted by atomic mass is 35.5. The molecular formula is C45H48ClN7O6. The van der Waals surface area contributed by atoms with Crippen LogP contribution in [-0.2, 0) is 16.1 Å². The van der Waals surface area contributed by atoms with Crippen molar-refractivity contribution in [3.8, 4) is 11.8 Å². The van der Waals surface area contributed by atoms with Crippen LogP contribution in [-0.4, -0.2) is 108 Å². The smallest absolute Gasteiger partial charge is 0.262 e. The van der Waals surface area contributed by atoms with Gasteiger partial charge in [-0.2, -0.15) is 5.26 Å². The largest absolute Gasteiger partial charge is 0.489 e. The molecule has 3 aromatic carbocycles. The Balaban J connectivity index is 0.785. The normalized spacial score (nSPS) is 26.1. The van der Waals surface area contributed by atoms with Gasteiger partial charge in [-0.1, -0.05) is 39.3 Å². The molecule has 1 aliphatic carbocycles. The quantitative estimate of drug-likeness (QED) is 0.305. The Hall–Kier alpha value is -5.45. The Morgan fingerprint density at radius 1 is 0.797 bits per heavy atom. The minimum atomic E-state index is -0.978. The lowest BCUT2D eigenvalue weighted by Gasteiger charge is -2.65. The van der Waals surface area contributed by atoms with Crippen molar-refractivity contribution in [2.45, 2.75) is 71.7 Å². The van der Waals surface area contributed by atoms with E-state index in [2.05, 4.69) is 65.9 Å². The average molecular weight is 818 g/mol. The molecule has 3 aromatic rings. The minimum absolute atomic E-state index is 0.0444. The maximum atomic E-state index is 13.9. The Labute approximate surface area is 348 Å². The number of imide groups is 2. The summed E-state index contributed by atoms with van der Waals surface area (Å²) in [5.74, 6) is -0.855. The molecule has 5 heterocycles. The van der Waals surface area contributed by atoms with Crippen LogP contribution in [0.25, 0.3) is 0 Å². The second-order valence-corrected chi connectivity index (χ2v) is 18.5. The first-order valence-corrected chi connectivity index (χ1v) is 20.9. The molecule has 0 spiro atoms. The van der Waals surface area contributed by atoms with Gasteiger partial charge >= 0.3 is 0 Å². The van der Waals surface area contributed by atoms with Gasteiger partial charge < -0.3 is 19.4 Å². The SMILES string of the molecule is CC1(C)C(Oc2ccc(C#N)c(Cl)c2)C(C)(C)C1N1Cc2cc(N3CCN(C[C@H]4CCN(c5ccc6c(c5)C(=O)N(C5CCC(=O)NC5=O)C6=O)C4)CC3)ccc2C1=O. The van der Waals surface area contributed by atoms with Gasteiger partial charge in [-0.15, -0.1) is 0 Å². The summed E-state index contributed by atoms with van der Waals surface area (Å²) in [4.78, 5) is 74.9. The first kappa shape index (κ1) is 39.0. The molecule has 6 aliphatic rings. The van der Waals surface area contributed by atoms with Crippen LogP contribution in [0.2, 0.25) is 5.02 Å². The molecule has 306 valence electrons. The van der Waals surface area contributed by atoms with Crippen LogP contribution in [0.1, 0.15) is 89.2 Å². The second-order valence-electron chi connectivity index (χ2n) is 18.1. The number of piperidine rings is 1. The molecule has 59 heavy (non-hydrogen) atoms. The monoisotopic (exact) mass is 817 g/mol. The van der Waals surface area contributed by atoms with Crippen molar-refractivity contribution in [2.24, 2.45) is 16.7 Å². The van der Waals surface area contributed by atoms with Gasteiger partial charge in [-0.25, -0.2) is 0 Å². The van der Waals surface area contributed by atoms with Crippen LogP contribution < -0.4 is 19.9 Å². The zero-order chi connectivity index (χ0) is 41.5. The molecule has 9 rings (SSSR count). The standard InChI is InChI=1S/C45H48ClN7O6/c1-44(2)42(45(3,4)43(44)59-31-8-5-27(22-47)35(46)21-31)52-25-28-19-29(6-9-32(28)39(52)56)50-17-15-49(16-18-50)23-26-13-14-51(24-26)30-7-10-33-34(20-30)41(58)53(40(33)57)36-11-12-37(54)48-38(36)55/h5-10,19-21,26,36,42-43H,11-18,23-25H2,1-4H3,(H,48,54,55)/t26-,36?,42?,43?/m1/s1. The number of piperazine rings is 1. The van der Waals surface area contributed by atoms with Gasteiger partial charge in [0.2, 0.25) is 11.8 Å². The fourth-order valence-corrected chi connectivity index (χ4v) is 11.4. The lowest BCUT2D eigenvalue weighted by molar-refractivity contribution is -0.199. The molecule has 1 unspecified atom stereocenters. The molecule has 5 aliphatic heterocycles. The van der Waals surface area contributed by atoms with Crippen LogP contribution in [0.15, 0.2) is 54.6 Å². The summed E-state index contributed by atoms with van der Waals surface area (Å²) in [6, 6.07) is 17.8. The first-order valence-electron chi connectivity index (χ1n) is 20.5. The van der Waals surface area contributed by atoms with Crippen LogP contribution in [0.3, 0.4) is 0 Å². The topological polar surface area (TPSA) is 147 Å². The number of nitrogens with zero attached hydrogens (tertiary/aromatic N) is 6. The van der Waals surface area contributed by atoms with Crippen molar-refractivity contribution in [1.29, 1.82) is 5.26 Å². The summed E-state index contributed by atoms with van der Waals surface area (Å²) < 4.78 is 6.50. The molecule has 5 amide bonds. The number of halogens is 1. The second kappa shape index (κ2) is 14.4. The van der Waals surface area contributed by atoms with E-state index in [0.29, 0.717) is 39.9 Å². The summed E-state index contributed by atoms with van der Waals surface area (Å²) in [6.07, 6.45) is 1.07. The maximum absolute atomic E-state index is 13.9. The molecule has 2 atom stereocenters. The molecule has 3 saturated heterocycles. The van der Waals surface area contributed by atoms with E-state index in [0.717, 1.165) is 79.6 Å². The van der Waals surface area contributed by atoms with Crippen molar-refractivity contribution in [2.75, 3.05) is 55.6 Å². The lowest BCUT2D eigenvalue weighted by Crippen LogP contribution is -2.74. The predicted octanol–water partition coefficient (Wildman–Crippen LogP) is 5.10.